The molecule has 5 N–H and O–H groups in total. The van der Waals surface area contributed by atoms with Crippen LogP contribution in [0.15, 0.2) is 29.4 Å². The van der Waals surface area contributed by atoms with Gasteiger partial charge in [-0.25, -0.2) is 29.8 Å². The Hall–Kier alpha value is -2.86. The molecule has 0 bridgehead atoms. The molecule has 0 atom stereocenters. The number of hydrazone groups is 1. The highest BCUT2D eigenvalue weighted by atomic mass is 32.2. The standard InChI is InChI=1S/C12H14FN7O3S/c1-7-6-20(11(22)17-15-7)18-10(21)16-19-24-12(23)14-9-4-2-8(13)3-5-9/h2-5,19H,6H2,1H3,(H,14,23)(H,17,22)(H2,16,18,21). The summed E-state index contributed by atoms with van der Waals surface area (Å²) < 4.78 is 12.7. The Morgan fingerprint density at radius 2 is 2.04 bits per heavy atom. The molecule has 0 aromatic heterocycles. The van der Waals surface area contributed by atoms with Crippen LogP contribution in [0, 0.1) is 5.82 Å². The number of nitrogens with zero attached hydrogens (tertiary/aromatic N) is 2. The predicted molar refractivity (Wildman–Crippen MR) is 86.2 cm³/mol. The second-order valence-electron chi connectivity index (χ2n) is 4.54. The average molecular weight is 355 g/mol. The Balaban J connectivity index is 1.68. The molecule has 1 aromatic carbocycles. The van der Waals surface area contributed by atoms with E-state index in [1.54, 1.807) is 6.92 Å². The van der Waals surface area contributed by atoms with Gasteiger partial charge in [-0.05, 0) is 31.2 Å². The molecule has 0 unspecified atom stereocenters. The van der Waals surface area contributed by atoms with Gasteiger partial charge in [0.05, 0.1) is 12.3 Å². The quantitative estimate of drug-likeness (QED) is 0.409. The van der Waals surface area contributed by atoms with Gasteiger partial charge in [-0.3, -0.25) is 10.2 Å². The van der Waals surface area contributed by atoms with E-state index in [2.05, 4.69) is 31.5 Å². The number of amides is 5. The van der Waals surface area contributed by atoms with Crippen molar-refractivity contribution >= 4 is 40.6 Å². The zero-order chi connectivity index (χ0) is 17.5. The van der Waals surface area contributed by atoms with Gasteiger partial charge in [0.15, 0.2) is 0 Å². The van der Waals surface area contributed by atoms with Crippen molar-refractivity contribution in [2.75, 3.05) is 11.9 Å². The molecule has 0 aliphatic carbocycles. The highest BCUT2D eigenvalue weighted by molar-refractivity contribution is 8.12. The summed E-state index contributed by atoms with van der Waals surface area (Å²) in [6.45, 7) is 1.82. The molecule has 2 rings (SSSR count). The monoisotopic (exact) mass is 355 g/mol. The van der Waals surface area contributed by atoms with Gasteiger partial charge in [-0.2, -0.15) is 9.93 Å². The molecule has 24 heavy (non-hydrogen) atoms. The average Bonchev–Trinajstić information content (AvgIpc) is 2.53. The molecule has 10 nitrogen and oxygen atoms in total. The molecule has 1 aliphatic rings. The number of anilines is 1. The van der Waals surface area contributed by atoms with E-state index in [0.29, 0.717) is 23.3 Å². The highest BCUT2D eigenvalue weighted by Gasteiger charge is 2.20. The summed E-state index contributed by atoms with van der Waals surface area (Å²) in [5.41, 5.74) is 7.66. The van der Waals surface area contributed by atoms with Gasteiger partial charge in [-0.1, -0.05) is 0 Å². The minimum atomic E-state index is -0.748. The van der Waals surface area contributed by atoms with Crippen LogP contribution in [0.4, 0.5) is 24.5 Å². The SMILES string of the molecule is CC1=NNC(=O)N(NC(=O)NNSC(=O)Nc2ccc(F)cc2)C1. The minimum absolute atomic E-state index is 0.136. The first-order valence-corrected chi connectivity index (χ1v) is 7.41. The van der Waals surface area contributed by atoms with Gasteiger partial charge in [0.25, 0.3) is 5.24 Å². The largest absolute Gasteiger partial charge is 0.356 e. The lowest BCUT2D eigenvalue weighted by Crippen LogP contribution is -2.57. The zero-order valence-corrected chi connectivity index (χ0v) is 13.2. The number of hydrogen-bond acceptors (Lipinski definition) is 6. The smallest absolute Gasteiger partial charge is 0.316 e. The van der Waals surface area contributed by atoms with Crippen molar-refractivity contribution in [1.29, 1.82) is 0 Å². The van der Waals surface area contributed by atoms with Crippen molar-refractivity contribution < 1.29 is 18.8 Å². The van der Waals surface area contributed by atoms with Crippen LogP contribution >= 0.6 is 11.9 Å². The summed E-state index contributed by atoms with van der Waals surface area (Å²) >= 11 is 0.559. The van der Waals surface area contributed by atoms with E-state index < -0.39 is 23.1 Å². The van der Waals surface area contributed by atoms with Crippen LogP contribution in [0.3, 0.4) is 0 Å². The lowest BCUT2D eigenvalue weighted by molar-refractivity contribution is 0.172. The van der Waals surface area contributed by atoms with Crippen molar-refractivity contribution in [2.24, 2.45) is 5.10 Å². The molecule has 128 valence electrons. The fourth-order valence-electron chi connectivity index (χ4n) is 1.58. The molecule has 0 radical (unpaired) electrons. The molecule has 1 aliphatic heterocycles. The number of halogens is 1. The molecule has 0 spiro atoms. The number of urea groups is 2. The molecule has 12 heteroatoms. The van der Waals surface area contributed by atoms with Crippen molar-refractivity contribution in [1.82, 2.24) is 26.1 Å². The van der Waals surface area contributed by atoms with Gasteiger partial charge >= 0.3 is 12.1 Å². The van der Waals surface area contributed by atoms with Gasteiger partial charge in [-0.15, -0.1) is 0 Å². The second-order valence-corrected chi connectivity index (χ2v) is 5.32. The Kier molecular flexibility index (Phi) is 5.92. The van der Waals surface area contributed by atoms with Crippen molar-refractivity contribution in [3.63, 3.8) is 0 Å². The maximum atomic E-state index is 12.7. The van der Waals surface area contributed by atoms with Crippen LogP contribution < -0.4 is 26.4 Å². The second kappa shape index (κ2) is 8.12. The van der Waals surface area contributed by atoms with Crippen molar-refractivity contribution in [3.8, 4) is 0 Å². The van der Waals surface area contributed by atoms with E-state index in [4.69, 9.17) is 0 Å². The first-order valence-electron chi connectivity index (χ1n) is 6.60. The maximum absolute atomic E-state index is 12.7. The first-order chi connectivity index (χ1) is 11.4. The van der Waals surface area contributed by atoms with Crippen LogP contribution in [0.25, 0.3) is 0 Å². The number of carbonyl (C=O) groups excluding carboxylic acids is 3. The molecular weight excluding hydrogens is 341 g/mol. The lowest BCUT2D eigenvalue weighted by Gasteiger charge is -2.25. The van der Waals surface area contributed by atoms with E-state index >= 15 is 0 Å². The van der Waals surface area contributed by atoms with Crippen LogP contribution in [-0.2, 0) is 0 Å². The van der Waals surface area contributed by atoms with E-state index in [-0.39, 0.29) is 6.54 Å². The van der Waals surface area contributed by atoms with Crippen LogP contribution in [0.1, 0.15) is 6.92 Å². The molecule has 0 saturated carbocycles. The molecule has 1 aromatic rings. The molecular formula is C12H14FN7O3S. The van der Waals surface area contributed by atoms with E-state index in [1.807, 2.05) is 0 Å². The molecule has 5 amide bonds. The van der Waals surface area contributed by atoms with Gasteiger partial charge in [0, 0.05) is 17.6 Å². The highest BCUT2D eigenvalue weighted by Crippen LogP contribution is 2.10. The van der Waals surface area contributed by atoms with Crippen LogP contribution in [0.2, 0.25) is 0 Å². The summed E-state index contributed by atoms with van der Waals surface area (Å²) in [6.07, 6.45) is 0. The maximum Gasteiger partial charge on any atom is 0.356 e. The van der Waals surface area contributed by atoms with E-state index in [9.17, 15) is 18.8 Å². The number of hydrazine groups is 2. The lowest BCUT2D eigenvalue weighted by atomic mass is 10.3. The Morgan fingerprint density at radius 1 is 1.33 bits per heavy atom. The summed E-state index contributed by atoms with van der Waals surface area (Å²) in [5, 5.41) is 6.67. The number of nitrogens with one attached hydrogen (secondary N) is 5. The Labute approximate surface area is 140 Å². The number of hydrogen-bond donors (Lipinski definition) is 5. The third kappa shape index (κ3) is 5.40. The molecule has 0 saturated heterocycles. The number of rotatable bonds is 4. The van der Waals surface area contributed by atoms with Gasteiger partial charge in [0.1, 0.15) is 5.82 Å². The third-order valence-electron chi connectivity index (χ3n) is 2.61. The van der Waals surface area contributed by atoms with E-state index in [1.165, 1.54) is 24.3 Å². The topological polar surface area (TPSA) is 127 Å². The fourth-order valence-corrected chi connectivity index (χ4v) is 1.98. The summed E-state index contributed by atoms with van der Waals surface area (Å²) in [4.78, 5) is 37.0. The van der Waals surface area contributed by atoms with Gasteiger partial charge in [0.2, 0.25) is 0 Å². The minimum Gasteiger partial charge on any atom is -0.316 e. The fraction of sp³-hybridized carbons (Fsp3) is 0.167. The summed E-state index contributed by atoms with van der Waals surface area (Å²) in [6, 6.07) is 3.86. The zero-order valence-electron chi connectivity index (χ0n) is 12.4. The van der Waals surface area contributed by atoms with Crippen molar-refractivity contribution in [3.05, 3.63) is 30.1 Å². The summed E-state index contributed by atoms with van der Waals surface area (Å²) in [5.74, 6) is -0.417. The van der Waals surface area contributed by atoms with E-state index in [0.717, 1.165) is 5.01 Å². The van der Waals surface area contributed by atoms with Crippen LogP contribution in [-0.4, -0.2) is 34.6 Å². The summed E-state index contributed by atoms with van der Waals surface area (Å²) in [7, 11) is 0. The molecule has 0 fully saturated rings. The third-order valence-corrected chi connectivity index (χ3v) is 3.10. The normalized spacial score (nSPS) is 13.7. The predicted octanol–water partition coefficient (Wildman–Crippen LogP) is 1.13. The number of benzene rings is 1. The van der Waals surface area contributed by atoms with Crippen molar-refractivity contribution in [2.45, 2.75) is 6.92 Å². The first kappa shape index (κ1) is 17.5. The Bertz CT molecular complexity index is 667. The Morgan fingerprint density at radius 3 is 2.75 bits per heavy atom. The molecule has 1 heterocycles. The number of carbonyl (C=O) groups is 3. The van der Waals surface area contributed by atoms with Crippen LogP contribution in [0.5, 0.6) is 0 Å². The van der Waals surface area contributed by atoms with Gasteiger partial charge < -0.3 is 5.32 Å².